The summed E-state index contributed by atoms with van der Waals surface area (Å²) in [4.78, 5) is 11.5. The Morgan fingerprint density at radius 2 is 2.17 bits per heavy atom. The Hall–Kier alpha value is -1.86. The highest BCUT2D eigenvalue weighted by molar-refractivity contribution is 5.79. The van der Waals surface area contributed by atoms with Crippen molar-refractivity contribution in [2.75, 3.05) is 57.5 Å². The number of rotatable bonds is 8. The molecule has 0 saturated carbocycles. The number of nitrogens with one attached hydrogen (secondary N) is 2. The largest absolute Gasteiger partial charge is 0.380 e. The Labute approximate surface area is 144 Å². The molecule has 7 heteroatoms. The molecule has 0 aliphatic carbocycles. The Bertz CT molecular complexity index is 504. The van der Waals surface area contributed by atoms with Crippen LogP contribution in [0.1, 0.15) is 19.4 Å². The summed E-state index contributed by atoms with van der Waals surface area (Å²) >= 11 is 0. The minimum absolute atomic E-state index is 0.588. The average molecular weight is 335 g/mol. The van der Waals surface area contributed by atoms with Gasteiger partial charge in [0.1, 0.15) is 5.82 Å². The highest BCUT2D eigenvalue weighted by Gasteiger charge is 2.15. The number of aromatic nitrogens is 1. The zero-order chi connectivity index (χ0) is 17.0. The van der Waals surface area contributed by atoms with Crippen LogP contribution in [-0.2, 0) is 16.0 Å². The quantitative estimate of drug-likeness (QED) is 0.420. The topological polar surface area (TPSA) is 71.0 Å². The summed E-state index contributed by atoms with van der Waals surface area (Å²) in [6.07, 6.45) is 1.84. The third-order valence-corrected chi connectivity index (χ3v) is 3.67. The summed E-state index contributed by atoms with van der Waals surface area (Å²) in [5.41, 5.74) is 1.13. The molecule has 0 spiro atoms. The second-order valence-electron chi connectivity index (χ2n) is 5.40. The molecular formula is C17H29N5O2. The van der Waals surface area contributed by atoms with Crippen LogP contribution in [0.15, 0.2) is 23.3 Å². The monoisotopic (exact) mass is 335 g/mol. The average Bonchev–Trinajstić information content (AvgIpc) is 2.64. The normalized spacial score (nSPS) is 15.4. The van der Waals surface area contributed by atoms with Gasteiger partial charge in [0.25, 0.3) is 0 Å². The van der Waals surface area contributed by atoms with Gasteiger partial charge >= 0.3 is 0 Å². The molecule has 24 heavy (non-hydrogen) atoms. The molecule has 7 nitrogen and oxygen atoms in total. The zero-order valence-electron chi connectivity index (χ0n) is 14.8. The maximum Gasteiger partial charge on any atom is 0.191 e. The highest BCUT2D eigenvalue weighted by Crippen LogP contribution is 2.19. The summed E-state index contributed by atoms with van der Waals surface area (Å²) in [7, 11) is 0. The number of anilines is 1. The van der Waals surface area contributed by atoms with Crippen LogP contribution in [0.25, 0.3) is 0 Å². The molecule has 0 unspecified atom stereocenters. The number of pyridine rings is 1. The molecule has 0 radical (unpaired) electrons. The van der Waals surface area contributed by atoms with E-state index in [1.165, 1.54) is 0 Å². The summed E-state index contributed by atoms with van der Waals surface area (Å²) in [5.74, 6) is 1.81. The fourth-order valence-corrected chi connectivity index (χ4v) is 2.51. The lowest BCUT2D eigenvalue weighted by molar-refractivity contribution is 0.122. The van der Waals surface area contributed by atoms with Crippen LogP contribution < -0.4 is 15.5 Å². The molecule has 134 valence electrons. The lowest BCUT2D eigenvalue weighted by Crippen LogP contribution is -2.39. The first kappa shape index (κ1) is 18.5. The van der Waals surface area contributed by atoms with Gasteiger partial charge < -0.3 is 25.0 Å². The predicted molar refractivity (Wildman–Crippen MR) is 96.6 cm³/mol. The van der Waals surface area contributed by atoms with Crippen LogP contribution in [0, 0.1) is 0 Å². The molecular weight excluding hydrogens is 306 g/mol. The number of aliphatic imine (C=N–C) groups is 1. The first-order valence-electron chi connectivity index (χ1n) is 8.71. The van der Waals surface area contributed by atoms with Crippen LogP contribution in [-0.4, -0.2) is 63.6 Å². The number of ether oxygens (including phenoxy) is 2. The smallest absolute Gasteiger partial charge is 0.191 e. The molecule has 2 N–H and O–H groups in total. The fourth-order valence-electron chi connectivity index (χ4n) is 2.51. The second-order valence-corrected chi connectivity index (χ2v) is 5.40. The van der Waals surface area contributed by atoms with Gasteiger partial charge in [-0.25, -0.2) is 9.98 Å². The molecule has 0 bridgehead atoms. The van der Waals surface area contributed by atoms with Crippen molar-refractivity contribution in [3.05, 3.63) is 23.9 Å². The SMILES string of the molecule is CCNC(=NCc1cccnc1N1CCOCC1)NCCOCC. The third kappa shape index (κ3) is 5.98. The molecule has 2 heterocycles. The van der Waals surface area contributed by atoms with Crippen LogP contribution in [0.4, 0.5) is 5.82 Å². The van der Waals surface area contributed by atoms with E-state index < -0.39 is 0 Å². The van der Waals surface area contributed by atoms with Gasteiger partial charge in [-0.05, 0) is 19.9 Å². The molecule has 2 rings (SSSR count). The van der Waals surface area contributed by atoms with Crippen LogP contribution in [0.5, 0.6) is 0 Å². The minimum atomic E-state index is 0.588. The molecule has 0 aromatic carbocycles. The standard InChI is InChI=1S/C17H29N5O2/c1-3-18-17(20-8-11-23-4-2)21-14-15-6-5-7-19-16(15)22-9-12-24-13-10-22/h5-7H,3-4,8-14H2,1-2H3,(H2,18,20,21). The van der Waals surface area contributed by atoms with Crippen molar-refractivity contribution in [2.24, 2.45) is 4.99 Å². The van der Waals surface area contributed by atoms with Gasteiger partial charge in [-0.2, -0.15) is 0 Å². The Kier molecular flexibility index (Phi) is 8.34. The number of morpholine rings is 1. The van der Waals surface area contributed by atoms with Crippen LogP contribution in [0.3, 0.4) is 0 Å². The minimum Gasteiger partial charge on any atom is -0.380 e. The number of nitrogens with zero attached hydrogens (tertiary/aromatic N) is 3. The molecule has 1 fully saturated rings. The first-order chi connectivity index (χ1) is 11.8. The Morgan fingerprint density at radius 1 is 1.33 bits per heavy atom. The summed E-state index contributed by atoms with van der Waals surface area (Å²) in [6, 6.07) is 4.05. The number of hydrogen-bond donors (Lipinski definition) is 2. The Balaban J connectivity index is 1.99. The van der Waals surface area contributed by atoms with Crippen LogP contribution >= 0.6 is 0 Å². The number of hydrogen-bond acceptors (Lipinski definition) is 5. The van der Waals surface area contributed by atoms with Gasteiger partial charge in [0, 0.05) is 44.5 Å². The van der Waals surface area contributed by atoms with Gasteiger partial charge in [-0.1, -0.05) is 6.07 Å². The van der Waals surface area contributed by atoms with Crippen molar-refractivity contribution in [1.29, 1.82) is 0 Å². The fraction of sp³-hybridized carbons (Fsp3) is 0.647. The predicted octanol–water partition coefficient (Wildman–Crippen LogP) is 1.01. The zero-order valence-corrected chi connectivity index (χ0v) is 14.8. The van der Waals surface area contributed by atoms with E-state index in [2.05, 4.69) is 38.5 Å². The molecule has 1 aromatic rings. The molecule has 0 amide bonds. The summed E-state index contributed by atoms with van der Waals surface area (Å²) in [5, 5.41) is 6.54. The molecule has 1 saturated heterocycles. The van der Waals surface area contributed by atoms with Crippen molar-refractivity contribution in [2.45, 2.75) is 20.4 Å². The van der Waals surface area contributed by atoms with Crippen molar-refractivity contribution >= 4 is 11.8 Å². The van der Waals surface area contributed by atoms with Gasteiger partial charge in [0.2, 0.25) is 0 Å². The lowest BCUT2D eigenvalue weighted by atomic mass is 10.2. The van der Waals surface area contributed by atoms with E-state index in [-0.39, 0.29) is 0 Å². The molecule has 0 atom stereocenters. The van der Waals surface area contributed by atoms with Gasteiger partial charge in [-0.15, -0.1) is 0 Å². The van der Waals surface area contributed by atoms with Crippen molar-refractivity contribution in [1.82, 2.24) is 15.6 Å². The first-order valence-corrected chi connectivity index (χ1v) is 8.71. The van der Waals surface area contributed by atoms with E-state index >= 15 is 0 Å². The molecule has 1 aromatic heterocycles. The maximum absolute atomic E-state index is 5.43. The van der Waals surface area contributed by atoms with Crippen molar-refractivity contribution in [3.63, 3.8) is 0 Å². The van der Waals surface area contributed by atoms with E-state index in [9.17, 15) is 0 Å². The van der Waals surface area contributed by atoms with E-state index in [1.54, 1.807) is 0 Å². The van der Waals surface area contributed by atoms with E-state index in [4.69, 9.17) is 9.47 Å². The van der Waals surface area contributed by atoms with E-state index in [0.29, 0.717) is 13.2 Å². The van der Waals surface area contributed by atoms with Gasteiger partial charge in [0.05, 0.1) is 26.4 Å². The summed E-state index contributed by atoms with van der Waals surface area (Å²) in [6.45, 7) is 10.9. The molecule has 1 aliphatic heterocycles. The van der Waals surface area contributed by atoms with Crippen molar-refractivity contribution < 1.29 is 9.47 Å². The second kappa shape index (κ2) is 10.8. The van der Waals surface area contributed by atoms with Crippen molar-refractivity contribution in [3.8, 4) is 0 Å². The number of guanidine groups is 1. The van der Waals surface area contributed by atoms with Gasteiger partial charge in [0.15, 0.2) is 5.96 Å². The summed E-state index contributed by atoms with van der Waals surface area (Å²) < 4.78 is 10.8. The maximum atomic E-state index is 5.43. The molecule has 1 aliphatic rings. The van der Waals surface area contributed by atoms with E-state index in [0.717, 1.165) is 63.3 Å². The Morgan fingerprint density at radius 3 is 2.92 bits per heavy atom. The third-order valence-electron chi connectivity index (χ3n) is 3.67. The highest BCUT2D eigenvalue weighted by atomic mass is 16.5. The van der Waals surface area contributed by atoms with Crippen LogP contribution in [0.2, 0.25) is 0 Å². The van der Waals surface area contributed by atoms with E-state index in [1.807, 2.05) is 19.2 Å². The van der Waals surface area contributed by atoms with Gasteiger partial charge in [-0.3, -0.25) is 0 Å². The lowest BCUT2D eigenvalue weighted by Gasteiger charge is -2.29.